The molecule has 0 atom stereocenters. The second-order valence-electron chi connectivity index (χ2n) is 6.76. The first-order valence-electron chi connectivity index (χ1n) is 9.81. The first-order chi connectivity index (χ1) is 13.3. The lowest BCUT2D eigenvalue weighted by Crippen LogP contribution is -2.13. The summed E-state index contributed by atoms with van der Waals surface area (Å²) in [5.74, 6) is 1.19. The van der Waals surface area contributed by atoms with Gasteiger partial charge in [-0.1, -0.05) is 57.0 Å². The predicted octanol–water partition coefficient (Wildman–Crippen LogP) is 6.18. The number of phenols is 1. The maximum absolute atomic E-state index is 9.43. The maximum Gasteiger partial charge on any atom is 0.153 e. The summed E-state index contributed by atoms with van der Waals surface area (Å²) in [7, 11) is 1.77. The quantitative estimate of drug-likeness (QED) is 0.531. The van der Waals surface area contributed by atoms with E-state index < -0.39 is 0 Å². The number of fused-ring (bicyclic) bond motifs is 1. The second-order valence-corrected chi connectivity index (χ2v) is 6.76. The van der Waals surface area contributed by atoms with Gasteiger partial charge in [0.25, 0.3) is 0 Å². The van der Waals surface area contributed by atoms with Gasteiger partial charge in [0.15, 0.2) is 5.75 Å². The van der Waals surface area contributed by atoms with Crippen LogP contribution in [0.3, 0.4) is 0 Å². The van der Waals surface area contributed by atoms with E-state index in [1.54, 1.807) is 13.1 Å². The zero-order valence-electron chi connectivity index (χ0n) is 18.3. The van der Waals surface area contributed by atoms with Gasteiger partial charge >= 0.3 is 0 Å². The van der Waals surface area contributed by atoms with E-state index in [1.165, 1.54) is 24.0 Å². The number of pyridine rings is 1. The van der Waals surface area contributed by atoms with Crippen molar-refractivity contribution >= 4 is 10.9 Å². The van der Waals surface area contributed by atoms with Crippen LogP contribution in [0.5, 0.6) is 11.5 Å². The van der Waals surface area contributed by atoms with Crippen molar-refractivity contribution in [2.45, 2.75) is 54.4 Å². The standard InChI is InChI=1S/C10H9NO.C10H15NO.C4H10/c1-7-5-6-8-3-2-4-9(12)10(8)11-7;1-7-5-6-8(2)10(9(7)3)12-11-4;1-3-4-2/h2-6,12H,1H3;5-6,11H,1-4H3;3-4H2,1-2H3. The van der Waals surface area contributed by atoms with Crippen molar-refractivity contribution in [1.82, 2.24) is 10.5 Å². The zero-order valence-corrected chi connectivity index (χ0v) is 18.3. The van der Waals surface area contributed by atoms with Crippen LogP contribution in [0.25, 0.3) is 10.9 Å². The largest absolute Gasteiger partial charge is 0.506 e. The van der Waals surface area contributed by atoms with E-state index in [-0.39, 0.29) is 5.75 Å². The maximum atomic E-state index is 9.43. The predicted molar refractivity (Wildman–Crippen MR) is 119 cm³/mol. The molecule has 4 heteroatoms. The molecular weight excluding hydrogens is 348 g/mol. The van der Waals surface area contributed by atoms with Crippen molar-refractivity contribution in [2.75, 3.05) is 7.05 Å². The van der Waals surface area contributed by atoms with Crippen molar-refractivity contribution in [2.24, 2.45) is 0 Å². The molecule has 1 heterocycles. The minimum Gasteiger partial charge on any atom is -0.506 e. The fraction of sp³-hybridized carbons (Fsp3) is 0.375. The molecule has 0 saturated carbocycles. The van der Waals surface area contributed by atoms with Crippen LogP contribution in [-0.2, 0) is 0 Å². The zero-order chi connectivity index (χ0) is 21.1. The van der Waals surface area contributed by atoms with Crippen molar-refractivity contribution in [3.63, 3.8) is 0 Å². The Kier molecular flexibility index (Phi) is 10.0. The van der Waals surface area contributed by atoms with E-state index in [0.717, 1.165) is 22.4 Å². The van der Waals surface area contributed by atoms with Crippen LogP contribution in [-0.4, -0.2) is 17.1 Å². The number of aromatic hydroxyl groups is 1. The average Bonchev–Trinajstić information content (AvgIpc) is 2.70. The van der Waals surface area contributed by atoms with Gasteiger partial charge in [-0.05, 0) is 56.5 Å². The summed E-state index contributed by atoms with van der Waals surface area (Å²) in [6, 6.07) is 13.5. The van der Waals surface area contributed by atoms with Crippen LogP contribution >= 0.6 is 0 Å². The average molecular weight is 383 g/mol. The monoisotopic (exact) mass is 382 g/mol. The van der Waals surface area contributed by atoms with Gasteiger partial charge in [0, 0.05) is 18.1 Å². The van der Waals surface area contributed by atoms with Gasteiger partial charge in [-0.2, -0.15) is 5.48 Å². The van der Waals surface area contributed by atoms with Gasteiger partial charge in [0.1, 0.15) is 11.3 Å². The normalized spacial score (nSPS) is 9.82. The van der Waals surface area contributed by atoms with Crippen LogP contribution in [0.4, 0.5) is 0 Å². The Labute approximate surface area is 169 Å². The molecule has 3 aromatic rings. The van der Waals surface area contributed by atoms with Crippen molar-refractivity contribution in [3.05, 3.63) is 64.8 Å². The van der Waals surface area contributed by atoms with Gasteiger partial charge in [-0.25, -0.2) is 4.98 Å². The SMILES string of the molecule is CCCC.CNOc1c(C)ccc(C)c1C.Cc1ccc2cccc(O)c2n1. The number of benzene rings is 2. The number of hydrogen-bond donors (Lipinski definition) is 2. The van der Waals surface area contributed by atoms with Crippen LogP contribution in [0, 0.1) is 27.7 Å². The van der Waals surface area contributed by atoms with Gasteiger partial charge in [-0.15, -0.1) is 0 Å². The summed E-state index contributed by atoms with van der Waals surface area (Å²) >= 11 is 0. The molecule has 0 spiro atoms. The number of aromatic nitrogens is 1. The molecule has 2 N–H and O–H groups in total. The van der Waals surface area contributed by atoms with E-state index in [0.29, 0.717) is 5.52 Å². The molecule has 0 aliphatic rings. The number of para-hydroxylation sites is 1. The second kappa shape index (κ2) is 12.0. The Morgan fingerprint density at radius 1 is 0.893 bits per heavy atom. The number of rotatable bonds is 3. The van der Waals surface area contributed by atoms with Crippen LogP contribution in [0.2, 0.25) is 0 Å². The van der Waals surface area contributed by atoms with E-state index in [4.69, 9.17) is 4.84 Å². The molecule has 0 unspecified atom stereocenters. The third-order valence-electron chi connectivity index (χ3n) is 4.42. The number of nitrogens with zero attached hydrogens (tertiary/aromatic N) is 1. The molecule has 0 bridgehead atoms. The first kappa shape index (κ1) is 23.4. The number of nitrogens with one attached hydrogen (secondary N) is 1. The van der Waals surface area contributed by atoms with Gasteiger partial charge in [0.05, 0.1) is 0 Å². The van der Waals surface area contributed by atoms with Crippen molar-refractivity contribution in [1.29, 1.82) is 0 Å². The van der Waals surface area contributed by atoms with E-state index >= 15 is 0 Å². The number of aryl methyl sites for hydroxylation is 3. The molecule has 3 rings (SSSR count). The van der Waals surface area contributed by atoms with E-state index in [2.05, 4.69) is 50.3 Å². The minimum atomic E-state index is 0.246. The number of hydroxylamine groups is 1. The molecule has 0 aliphatic heterocycles. The third kappa shape index (κ3) is 6.86. The highest BCUT2D eigenvalue weighted by Crippen LogP contribution is 2.24. The van der Waals surface area contributed by atoms with Gasteiger partial charge in [-0.3, -0.25) is 0 Å². The summed E-state index contributed by atoms with van der Waals surface area (Å²) in [4.78, 5) is 9.52. The molecule has 0 radical (unpaired) electrons. The van der Waals surface area contributed by atoms with Gasteiger partial charge in [0.2, 0.25) is 0 Å². The number of unbranched alkanes of at least 4 members (excludes halogenated alkanes) is 1. The molecule has 1 aromatic heterocycles. The lowest BCUT2D eigenvalue weighted by Gasteiger charge is -2.11. The summed E-state index contributed by atoms with van der Waals surface area (Å²) in [6.07, 6.45) is 2.64. The van der Waals surface area contributed by atoms with Crippen LogP contribution < -0.4 is 10.3 Å². The Balaban J connectivity index is 0.000000236. The highest BCUT2D eigenvalue weighted by molar-refractivity contribution is 5.84. The third-order valence-corrected chi connectivity index (χ3v) is 4.42. The first-order valence-corrected chi connectivity index (χ1v) is 9.81. The topological polar surface area (TPSA) is 54.4 Å². The van der Waals surface area contributed by atoms with Crippen LogP contribution in [0.15, 0.2) is 42.5 Å². The molecule has 0 saturated heterocycles. The fourth-order valence-electron chi connectivity index (χ4n) is 2.41. The smallest absolute Gasteiger partial charge is 0.153 e. The Morgan fingerprint density at radius 3 is 2.14 bits per heavy atom. The Hall–Kier alpha value is -2.59. The van der Waals surface area contributed by atoms with E-state index in [9.17, 15) is 5.11 Å². The highest BCUT2D eigenvalue weighted by atomic mass is 16.6. The number of phenolic OH excluding ortho intramolecular Hbond substituents is 1. The summed E-state index contributed by atoms with van der Waals surface area (Å²) in [6.45, 7) is 12.5. The molecule has 152 valence electrons. The summed E-state index contributed by atoms with van der Waals surface area (Å²) in [5, 5.41) is 10.4. The minimum absolute atomic E-state index is 0.246. The molecule has 0 aliphatic carbocycles. The summed E-state index contributed by atoms with van der Waals surface area (Å²) < 4.78 is 0. The lowest BCUT2D eigenvalue weighted by atomic mass is 10.1. The fourth-order valence-corrected chi connectivity index (χ4v) is 2.41. The van der Waals surface area contributed by atoms with Crippen LogP contribution in [0.1, 0.15) is 49.1 Å². The number of hydrogen-bond acceptors (Lipinski definition) is 4. The molecule has 0 amide bonds. The molecule has 28 heavy (non-hydrogen) atoms. The van der Waals surface area contributed by atoms with Gasteiger partial charge < -0.3 is 9.94 Å². The highest BCUT2D eigenvalue weighted by Gasteiger charge is 2.05. The molecule has 2 aromatic carbocycles. The summed E-state index contributed by atoms with van der Waals surface area (Å²) in [5.41, 5.74) is 7.91. The lowest BCUT2D eigenvalue weighted by molar-refractivity contribution is 0.220. The molecule has 0 fully saturated rings. The van der Waals surface area contributed by atoms with Crippen molar-refractivity contribution in [3.8, 4) is 11.5 Å². The molecule has 4 nitrogen and oxygen atoms in total. The van der Waals surface area contributed by atoms with E-state index in [1.807, 2.05) is 38.1 Å². The Morgan fingerprint density at radius 2 is 1.54 bits per heavy atom. The Bertz CT molecular complexity index is 874. The molecular formula is C24H34N2O2. The van der Waals surface area contributed by atoms with Crippen molar-refractivity contribution < 1.29 is 9.94 Å².